The quantitative estimate of drug-likeness (QED) is 0.346. The Hall–Kier alpha value is -3.18. The van der Waals surface area contributed by atoms with Crippen molar-refractivity contribution in [3.05, 3.63) is 95.0 Å². The number of fused-ring (bicyclic) bond motifs is 1. The molecule has 0 spiro atoms. The van der Waals surface area contributed by atoms with Crippen LogP contribution in [0.25, 0.3) is 16.9 Å². The van der Waals surface area contributed by atoms with E-state index in [-0.39, 0.29) is 12.4 Å². The van der Waals surface area contributed by atoms with E-state index in [0.29, 0.717) is 5.02 Å². The summed E-state index contributed by atoms with van der Waals surface area (Å²) < 4.78 is 14.8. The largest absolute Gasteiger partial charge is 0.391 e. The van der Waals surface area contributed by atoms with Gasteiger partial charge in [0.1, 0.15) is 18.1 Å². The Bertz CT molecular complexity index is 1090. The van der Waals surface area contributed by atoms with Gasteiger partial charge in [0.15, 0.2) is 0 Å². The van der Waals surface area contributed by atoms with Gasteiger partial charge in [-0.15, -0.1) is 0 Å². The molecule has 4 aromatic rings. The predicted molar refractivity (Wildman–Crippen MR) is 104 cm³/mol. The maximum Gasteiger partial charge on any atom is 0.142 e. The van der Waals surface area contributed by atoms with Crippen molar-refractivity contribution in [3.63, 3.8) is 0 Å². The van der Waals surface area contributed by atoms with Crippen LogP contribution in [0.3, 0.4) is 0 Å². The lowest BCUT2D eigenvalue weighted by atomic mass is 10.1. The topological polar surface area (TPSA) is 38.9 Å². The van der Waals surface area contributed by atoms with E-state index in [4.69, 9.17) is 16.4 Å². The fraction of sp³-hybridized carbons (Fsp3) is 0.0476. The van der Waals surface area contributed by atoms with E-state index < -0.39 is 0 Å². The molecule has 27 heavy (non-hydrogen) atoms. The van der Waals surface area contributed by atoms with Gasteiger partial charge in [-0.25, -0.2) is 9.37 Å². The number of benzene rings is 2. The second kappa shape index (κ2) is 7.60. The molecule has 0 unspecified atom stereocenters. The molecule has 0 aliphatic rings. The molecule has 6 heteroatoms. The number of imidazole rings is 1. The summed E-state index contributed by atoms with van der Waals surface area (Å²) in [5.41, 5.74) is 4.11. The SMILES string of the molecule is Fc1ccc(CON=Cc2c(-c3ccccc3)nc3ccc(Cl)cn23)cc1. The van der Waals surface area contributed by atoms with E-state index in [0.717, 1.165) is 28.2 Å². The van der Waals surface area contributed by atoms with Crippen molar-refractivity contribution in [1.29, 1.82) is 0 Å². The smallest absolute Gasteiger partial charge is 0.142 e. The average molecular weight is 380 g/mol. The molecule has 0 bridgehead atoms. The van der Waals surface area contributed by atoms with Gasteiger partial charge in [0.05, 0.1) is 22.6 Å². The van der Waals surface area contributed by atoms with E-state index in [1.54, 1.807) is 30.6 Å². The first-order valence-corrected chi connectivity index (χ1v) is 8.71. The fourth-order valence-electron chi connectivity index (χ4n) is 2.75. The summed E-state index contributed by atoms with van der Waals surface area (Å²) in [6.07, 6.45) is 3.40. The van der Waals surface area contributed by atoms with E-state index >= 15 is 0 Å². The zero-order chi connectivity index (χ0) is 18.6. The Balaban J connectivity index is 1.64. The number of halogens is 2. The van der Waals surface area contributed by atoms with Crippen LogP contribution in [0.1, 0.15) is 11.3 Å². The molecule has 2 aromatic carbocycles. The molecule has 0 fully saturated rings. The molecule has 134 valence electrons. The number of aromatic nitrogens is 2. The van der Waals surface area contributed by atoms with Crippen LogP contribution in [-0.2, 0) is 11.4 Å². The zero-order valence-corrected chi connectivity index (χ0v) is 15.0. The first-order valence-electron chi connectivity index (χ1n) is 8.33. The summed E-state index contributed by atoms with van der Waals surface area (Å²) in [5, 5.41) is 4.67. The van der Waals surface area contributed by atoms with E-state index in [9.17, 15) is 4.39 Å². The predicted octanol–water partition coefficient (Wildman–Crippen LogP) is 5.34. The summed E-state index contributed by atoms with van der Waals surface area (Å²) in [7, 11) is 0. The Morgan fingerprint density at radius 2 is 1.81 bits per heavy atom. The number of pyridine rings is 1. The molecular weight excluding hydrogens is 365 g/mol. The van der Waals surface area contributed by atoms with Crippen molar-refractivity contribution in [2.45, 2.75) is 6.61 Å². The van der Waals surface area contributed by atoms with Crippen LogP contribution >= 0.6 is 11.6 Å². The third-order valence-corrected chi connectivity index (χ3v) is 4.28. The summed E-state index contributed by atoms with van der Waals surface area (Å²) in [6, 6.07) is 19.6. The number of hydrogen-bond donors (Lipinski definition) is 0. The van der Waals surface area contributed by atoms with Crippen molar-refractivity contribution >= 4 is 23.5 Å². The normalized spacial score (nSPS) is 11.3. The Morgan fingerprint density at radius 1 is 1.04 bits per heavy atom. The molecule has 0 N–H and O–H groups in total. The van der Waals surface area contributed by atoms with Crippen LogP contribution in [0.4, 0.5) is 4.39 Å². The fourth-order valence-corrected chi connectivity index (χ4v) is 2.91. The minimum Gasteiger partial charge on any atom is -0.391 e. The summed E-state index contributed by atoms with van der Waals surface area (Å²) in [4.78, 5) is 10.1. The van der Waals surface area contributed by atoms with Crippen LogP contribution in [0.2, 0.25) is 5.02 Å². The monoisotopic (exact) mass is 379 g/mol. The second-order valence-corrected chi connectivity index (χ2v) is 6.36. The van der Waals surface area contributed by atoms with Crippen LogP contribution in [0.15, 0.2) is 78.1 Å². The molecule has 0 saturated carbocycles. The minimum absolute atomic E-state index is 0.245. The summed E-state index contributed by atoms with van der Waals surface area (Å²) >= 11 is 6.15. The van der Waals surface area contributed by atoms with Crippen molar-refractivity contribution < 1.29 is 9.23 Å². The standard InChI is InChI=1S/C21H15ClFN3O/c22-17-8-11-20-25-21(16-4-2-1-3-5-16)19(26(20)13-17)12-24-27-14-15-6-9-18(23)10-7-15/h1-13H,14H2. The highest BCUT2D eigenvalue weighted by molar-refractivity contribution is 6.30. The number of rotatable bonds is 5. The second-order valence-electron chi connectivity index (χ2n) is 5.92. The van der Waals surface area contributed by atoms with Gasteiger partial charge in [-0.2, -0.15) is 0 Å². The molecule has 0 aliphatic heterocycles. The molecule has 0 radical (unpaired) electrons. The lowest BCUT2D eigenvalue weighted by Crippen LogP contribution is -1.95. The van der Waals surface area contributed by atoms with Crippen molar-refractivity contribution in [2.24, 2.45) is 5.16 Å². The van der Waals surface area contributed by atoms with Gasteiger partial charge >= 0.3 is 0 Å². The molecule has 2 heterocycles. The molecule has 0 atom stereocenters. The first kappa shape index (κ1) is 17.2. The average Bonchev–Trinajstić information content (AvgIpc) is 3.05. The Morgan fingerprint density at radius 3 is 2.59 bits per heavy atom. The molecule has 0 saturated heterocycles. The maximum atomic E-state index is 13.0. The van der Waals surface area contributed by atoms with E-state index in [1.807, 2.05) is 40.8 Å². The van der Waals surface area contributed by atoms with Gasteiger partial charge in [0.2, 0.25) is 0 Å². The molecular formula is C21H15ClFN3O. The van der Waals surface area contributed by atoms with Crippen molar-refractivity contribution in [2.75, 3.05) is 0 Å². The number of oxime groups is 1. The van der Waals surface area contributed by atoms with Crippen molar-refractivity contribution in [3.8, 4) is 11.3 Å². The van der Waals surface area contributed by atoms with Crippen molar-refractivity contribution in [1.82, 2.24) is 9.38 Å². The number of hydrogen-bond acceptors (Lipinski definition) is 3. The molecule has 4 nitrogen and oxygen atoms in total. The van der Waals surface area contributed by atoms with E-state index in [2.05, 4.69) is 10.1 Å². The minimum atomic E-state index is -0.280. The lowest BCUT2D eigenvalue weighted by molar-refractivity contribution is 0.132. The van der Waals surface area contributed by atoms with Crippen LogP contribution in [-0.4, -0.2) is 15.6 Å². The van der Waals surface area contributed by atoms with Gasteiger partial charge in [-0.05, 0) is 29.8 Å². The maximum absolute atomic E-state index is 13.0. The van der Waals surface area contributed by atoms with Crippen LogP contribution in [0.5, 0.6) is 0 Å². The lowest BCUT2D eigenvalue weighted by Gasteiger charge is -2.02. The third-order valence-electron chi connectivity index (χ3n) is 4.06. The third kappa shape index (κ3) is 3.83. The summed E-state index contributed by atoms with van der Waals surface area (Å²) in [6.45, 7) is 0.245. The highest BCUT2D eigenvalue weighted by Crippen LogP contribution is 2.24. The molecule has 0 amide bonds. The molecule has 0 aliphatic carbocycles. The van der Waals surface area contributed by atoms with Gasteiger partial charge in [0, 0.05) is 11.8 Å². The van der Waals surface area contributed by atoms with Gasteiger partial charge < -0.3 is 4.84 Å². The highest BCUT2D eigenvalue weighted by Gasteiger charge is 2.13. The number of nitrogens with zero attached hydrogens (tertiary/aromatic N) is 3. The van der Waals surface area contributed by atoms with E-state index in [1.165, 1.54) is 12.1 Å². The van der Waals surface area contributed by atoms with Gasteiger partial charge in [0.25, 0.3) is 0 Å². The van der Waals surface area contributed by atoms with Crippen LogP contribution in [0, 0.1) is 5.82 Å². The van der Waals surface area contributed by atoms with Crippen LogP contribution < -0.4 is 0 Å². The highest BCUT2D eigenvalue weighted by atomic mass is 35.5. The summed E-state index contributed by atoms with van der Waals surface area (Å²) in [5.74, 6) is -0.280. The molecule has 2 aromatic heterocycles. The molecule has 4 rings (SSSR count). The first-order chi connectivity index (χ1) is 13.2. The van der Waals surface area contributed by atoms with Gasteiger partial charge in [-0.3, -0.25) is 4.40 Å². The Labute approximate surface area is 160 Å². The van der Waals surface area contributed by atoms with Gasteiger partial charge in [-0.1, -0.05) is 59.2 Å². The zero-order valence-electron chi connectivity index (χ0n) is 14.2. The Kier molecular flexibility index (Phi) is 4.85.